The highest BCUT2D eigenvalue weighted by atomic mass is 16.6. The zero-order valence-corrected chi connectivity index (χ0v) is 10.2. The number of fused-ring (bicyclic) bond motifs is 1. The van der Waals surface area contributed by atoms with Crippen molar-refractivity contribution in [1.29, 1.82) is 0 Å². The second-order valence-electron chi connectivity index (χ2n) is 4.26. The van der Waals surface area contributed by atoms with Crippen molar-refractivity contribution in [2.75, 3.05) is 6.61 Å². The summed E-state index contributed by atoms with van der Waals surface area (Å²) in [7, 11) is 0. The predicted octanol–water partition coefficient (Wildman–Crippen LogP) is 1.26. The Morgan fingerprint density at radius 3 is 2.20 bits per heavy atom. The number of Topliss-reactive ketones (excluding diaryl/α,β-unsaturated/α-hetero) is 1. The molecule has 0 aliphatic carbocycles. The SMILES string of the molecule is O=C(CO)Cc1cc2c(O)ccc(O)c2cc1[N+](=O)[O-]. The molecule has 0 amide bonds. The summed E-state index contributed by atoms with van der Waals surface area (Å²) in [4.78, 5) is 21.6. The Morgan fingerprint density at radius 1 is 1.15 bits per heavy atom. The van der Waals surface area contributed by atoms with Gasteiger partial charge in [-0.2, -0.15) is 0 Å². The van der Waals surface area contributed by atoms with E-state index >= 15 is 0 Å². The van der Waals surface area contributed by atoms with Crippen molar-refractivity contribution < 1.29 is 25.0 Å². The van der Waals surface area contributed by atoms with Crippen molar-refractivity contribution in [1.82, 2.24) is 0 Å². The first-order valence-electron chi connectivity index (χ1n) is 5.68. The number of ketones is 1. The van der Waals surface area contributed by atoms with Crippen LogP contribution >= 0.6 is 0 Å². The Hall–Kier alpha value is -2.67. The molecule has 0 radical (unpaired) electrons. The predicted molar refractivity (Wildman–Crippen MR) is 69.7 cm³/mol. The van der Waals surface area contributed by atoms with E-state index in [2.05, 4.69) is 0 Å². The molecule has 0 saturated carbocycles. The Balaban J connectivity index is 2.72. The van der Waals surface area contributed by atoms with Crippen LogP contribution in [0.5, 0.6) is 11.5 Å². The fourth-order valence-corrected chi connectivity index (χ4v) is 1.97. The number of nitrogens with zero attached hydrogens (tertiary/aromatic N) is 1. The van der Waals surface area contributed by atoms with E-state index in [1.54, 1.807) is 0 Å². The van der Waals surface area contributed by atoms with E-state index in [1.807, 2.05) is 0 Å². The van der Waals surface area contributed by atoms with Crippen molar-refractivity contribution in [2.45, 2.75) is 6.42 Å². The second kappa shape index (κ2) is 5.14. The molecular weight excluding hydrogens is 266 g/mol. The van der Waals surface area contributed by atoms with Gasteiger partial charge in [0.15, 0.2) is 5.78 Å². The van der Waals surface area contributed by atoms with Gasteiger partial charge in [0.25, 0.3) is 5.69 Å². The summed E-state index contributed by atoms with van der Waals surface area (Å²) in [6.07, 6.45) is -0.322. The van der Waals surface area contributed by atoms with E-state index in [4.69, 9.17) is 5.11 Å². The first kappa shape index (κ1) is 13.8. The molecule has 20 heavy (non-hydrogen) atoms. The largest absolute Gasteiger partial charge is 0.507 e. The van der Waals surface area contributed by atoms with Crippen molar-refractivity contribution in [3.63, 3.8) is 0 Å². The molecule has 3 N–H and O–H groups in total. The Bertz CT molecular complexity index is 710. The van der Waals surface area contributed by atoms with Crippen molar-refractivity contribution in [3.8, 4) is 11.5 Å². The summed E-state index contributed by atoms with van der Waals surface area (Å²) in [5.74, 6) is -0.946. The van der Waals surface area contributed by atoms with Crippen molar-refractivity contribution >= 4 is 22.2 Å². The summed E-state index contributed by atoms with van der Waals surface area (Å²) >= 11 is 0. The van der Waals surface area contributed by atoms with Gasteiger partial charge in [0, 0.05) is 28.8 Å². The number of aromatic hydroxyl groups is 2. The number of benzene rings is 2. The first-order valence-corrected chi connectivity index (χ1v) is 5.68. The van der Waals surface area contributed by atoms with Gasteiger partial charge in [0.05, 0.1) is 4.92 Å². The maximum atomic E-state index is 11.3. The standard InChI is InChI=1S/C13H11NO6/c15-6-8(16)3-7-4-9-10(5-11(7)14(19)20)13(18)2-1-12(9)17/h1-2,4-5,15,17-18H,3,6H2. The monoisotopic (exact) mass is 277 g/mol. The van der Waals surface area contributed by atoms with Crippen LogP contribution in [0.3, 0.4) is 0 Å². The van der Waals surface area contributed by atoms with Gasteiger partial charge in [-0.25, -0.2) is 0 Å². The summed E-state index contributed by atoms with van der Waals surface area (Å²) in [5, 5.41) is 39.5. The Morgan fingerprint density at radius 2 is 1.70 bits per heavy atom. The number of hydrogen-bond acceptors (Lipinski definition) is 6. The van der Waals surface area contributed by atoms with E-state index in [0.717, 1.165) is 6.07 Å². The molecule has 0 spiro atoms. The van der Waals surface area contributed by atoms with Crippen molar-refractivity contribution in [2.24, 2.45) is 0 Å². The summed E-state index contributed by atoms with van der Waals surface area (Å²) in [6.45, 7) is -0.721. The first-order chi connectivity index (χ1) is 9.43. The average molecular weight is 277 g/mol. The van der Waals surface area contributed by atoms with Crippen LogP contribution in [0.25, 0.3) is 10.8 Å². The molecule has 0 aliphatic rings. The summed E-state index contributed by atoms with van der Waals surface area (Å²) in [5.41, 5.74) is -0.275. The lowest BCUT2D eigenvalue weighted by Gasteiger charge is -2.07. The van der Waals surface area contributed by atoms with E-state index in [0.29, 0.717) is 0 Å². The quantitative estimate of drug-likeness (QED) is 0.439. The number of nitro groups is 1. The van der Waals surface area contributed by atoms with Crippen LogP contribution in [0, 0.1) is 10.1 Å². The summed E-state index contributed by atoms with van der Waals surface area (Å²) in [6, 6.07) is 4.85. The third kappa shape index (κ3) is 2.39. The van der Waals surface area contributed by atoms with Gasteiger partial charge < -0.3 is 15.3 Å². The number of aliphatic hydroxyl groups excluding tert-OH is 1. The molecule has 2 aromatic rings. The Kier molecular flexibility index (Phi) is 3.53. The molecule has 2 rings (SSSR count). The number of carbonyl (C=O) groups is 1. The lowest BCUT2D eigenvalue weighted by molar-refractivity contribution is -0.385. The fourth-order valence-electron chi connectivity index (χ4n) is 1.97. The lowest BCUT2D eigenvalue weighted by Crippen LogP contribution is -2.09. The van der Waals surface area contributed by atoms with E-state index in [9.17, 15) is 25.1 Å². The lowest BCUT2D eigenvalue weighted by atomic mass is 10.00. The Labute approximate surface area is 112 Å². The highest BCUT2D eigenvalue weighted by molar-refractivity contribution is 5.96. The molecule has 0 bridgehead atoms. The molecule has 0 unspecified atom stereocenters. The van der Waals surface area contributed by atoms with Crippen LogP contribution in [0.15, 0.2) is 24.3 Å². The molecule has 0 atom stereocenters. The zero-order chi connectivity index (χ0) is 14.9. The van der Waals surface area contributed by atoms with Gasteiger partial charge in [-0.3, -0.25) is 14.9 Å². The number of rotatable bonds is 4. The molecule has 2 aromatic carbocycles. The highest BCUT2D eigenvalue weighted by Crippen LogP contribution is 2.36. The number of nitro benzene ring substituents is 1. The zero-order valence-electron chi connectivity index (χ0n) is 10.2. The maximum Gasteiger partial charge on any atom is 0.273 e. The normalized spacial score (nSPS) is 10.7. The van der Waals surface area contributed by atoms with Gasteiger partial charge in [-0.15, -0.1) is 0 Å². The van der Waals surface area contributed by atoms with Crippen LogP contribution in [0.4, 0.5) is 5.69 Å². The van der Waals surface area contributed by atoms with E-state index in [1.165, 1.54) is 18.2 Å². The van der Waals surface area contributed by atoms with Crippen LogP contribution in [0.2, 0.25) is 0 Å². The van der Waals surface area contributed by atoms with Gasteiger partial charge in [0.2, 0.25) is 0 Å². The number of carbonyl (C=O) groups excluding carboxylic acids is 1. The number of phenols is 2. The number of aliphatic hydroxyl groups is 1. The minimum absolute atomic E-state index is 0.0717. The van der Waals surface area contributed by atoms with Crippen LogP contribution in [-0.2, 0) is 11.2 Å². The van der Waals surface area contributed by atoms with E-state index in [-0.39, 0.29) is 39.9 Å². The maximum absolute atomic E-state index is 11.3. The topological polar surface area (TPSA) is 121 Å². The molecule has 0 fully saturated rings. The number of hydrogen-bond donors (Lipinski definition) is 3. The van der Waals surface area contributed by atoms with Gasteiger partial charge in [-0.05, 0) is 18.2 Å². The molecule has 0 heterocycles. The molecule has 7 nitrogen and oxygen atoms in total. The van der Waals surface area contributed by atoms with Gasteiger partial charge >= 0.3 is 0 Å². The van der Waals surface area contributed by atoms with Gasteiger partial charge in [0.1, 0.15) is 18.1 Å². The van der Waals surface area contributed by atoms with Crippen LogP contribution < -0.4 is 0 Å². The third-order valence-corrected chi connectivity index (χ3v) is 2.93. The summed E-state index contributed by atoms with van der Waals surface area (Å²) < 4.78 is 0. The highest BCUT2D eigenvalue weighted by Gasteiger charge is 2.19. The molecular formula is C13H11NO6. The smallest absolute Gasteiger partial charge is 0.273 e. The third-order valence-electron chi connectivity index (χ3n) is 2.93. The minimum atomic E-state index is -0.721. The molecule has 0 aromatic heterocycles. The molecule has 0 saturated heterocycles. The van der Waals surface area contributed by atoms with Crippen LogP contribution in [-0.4, -0.2) is 32.6 Å². The number of phenolic OH excluding ortho intramolecular Hbond substituents is 2. The van der Waals surface area contributed by atoms with E-state index < -0.39 is 17.3 Å². The molecule has 7 heteroatoms. The van der Waals surface area contributed by atoms with Crippen LogP contribution in [0.1, 0.15) is 5.56 Å². The minimum Gasteiger partial charge on any atom is -0.507 e. The molecule has 104 valence electrons. The van der Waals surface area contributed by atoms with Crippen molar-refractivity contribution in [3.05, 3.63) is 39.9 Å². The fraction of sp³-hybridized carbons (Fsp3) is 0.154. The average Bonchev–Trinajstić information content (AvgIpc) is 2.42. The molecule has 0 aliphatic heterocycles. The second-order valence-corrected chi connectivity index (χ2v) is 4.26. The van der Waals surface area contributed by atoms with Gasteiger partial charge in [-0.1, -0.05) is 0 Å².